The molecule has 43 heavy (non-hydrogen) atoms. The summed E-state index contributed by atoms with van der Waals surface area (Å²) in [6.45, 7) is 3.77. The lowest BCUT2D eigenvalue weighted by Crippen LogP contribution is -2.51. The molecule has 5 rings (SSSR count). The number of nitro groups is 1. The van der Waals surface area contributed by atoms with Gasteiger partial charge in [-0.1, -0.05) is 48.5 Å². The Morgan fingerprint density at radius 1 is 0.860 bits per heavy atom. The number of hydrogen-bond donors (Lipinski definition) is 1. The van der Waals surface area contributed by atoms with Gasteiger partial charge in [-0.2, -0.15) is 0 Å². The van der Waals surface area contributed by atoms with E-state index in [9.17, 15) is 28.5 Å². The first kappa shape index (κ1) is 29.8. The number of nitrogens with zero attached hydrogens (tertiary/aromatic N) is 5. The number of nitrogens with two attached hydrogens (primary N) is 1. The molecule has 0 radical (unpaired) electrons. The minimum Gasteiger partial charge on any atom is -0.363 e. The van der Waals surface area contributed by atoms with Gasteiger partial charge in [0.2, 0.25) is 0 Å². The Labute approximate surface area is 246 Å². The van der Waals surface area contributed by atoms with Gasteiger partial charge in [0.25, 0.3) is 11.2 Å². The smallest absolute Gasteiger partial charge is 0.331 e. The summed E-state index contributed by atoms with van der Waals surface area (Å²) in [5.41, 5.74) is 7.21. The molecule has 2 N–H and O–H groups in total. The SMILES string of the molecule is Cc1c(N2CCN(Cc3ccc([N+](=O)[O-])cc3)CC2)c(=O)n(CC(N)c2ccccc2)c(=O)n1Cc1c(F)cccc1F. The molecule has 0 saturated carbocycles. The van der Waals surface area contributed by atoms with Gasteiger partial charge in [-0.15, -0.1) is 0 Å². The van der Waals surface area contributed by atoms with Crippen molar-refractivity contribution >= 4 is 11.4 Å². The van der Waals surface area contributed by atoms with Gasteiger partial charge in [-0.25, -0.2) is 13.6 Å². The van der Waals surface area contributed by atoms with Crippen LogP contribution in [-0.4, -0.2) is 45.1 Å². The van der Waals surface area contributed by atoms with Crippen LogP contribution in [0.5, 0.6) is 0 Å². The number of hydrogen-bond acceptors (Lipinski definition) is 7. The van der Waals surface area contributed by atoms with Gasteiger partial charge in [-0.05, 0) is 30.2 Å². The number of rotatable bonds is 9. The number of benzene rings is 3. The van der Waals surface area contributed by atoms with Crippen molar-refractivity contribution in [2.75, 3.05) is 31.1 Å². The van der Waals surface area contributed by atoms with E-state index < -0.39 is 40.4 Å². The summed E-state index contributed by atoms with van der Waals surface area (Å²) in [4.78, 5) is 42.2. The van der Waals surface area contributed by atoms with Crippen molar-refractivity contribution in [1.29, 1.82) is 0 Å². The molecule has 12 heteroatoms. The summed E-state index contributed by atoms with van der Waals surface area (Å²) in [6.07, 6.45) is 0. The quantitative estimate of drug-likeness (QED) is 0.234. The van der Waals surface area contributed by atoms with Crippen molar-refractivity contribution in [2.45, 2.75) is 32.6 Å². The fraction of sp³-hybridized carbons (Fsp3) is 0.290. The van der Waals surface area contributed by atoms with E-state index in [2.05, 4.69) is 4.90 Å². The molecule has 1 aliphatic heterocycles. The highest BCUT2D eigenvalue weighted by Gasteiger charge is 2.26. The summed E-state index contributed by atoms with van der Waals surface area (Å²) >= 11 is 0. The monoisotopic (exact) mass is 590 g/mol. The van der Waals surface area contributed by atoms with E-state index in [1.165, 1.54) is 22.8 Å². The van der Waals surface area contributed by atoms with Gasteiger partial charge < -0.3 is 10.6 Å². The predicted molar refractivity (Wildman–Crippen MR) is 159 cm³/mol. The van der Waals surface area contributed by atoms with Crippen molar-refractivity contribution in [2.24, 2.45) is 5.73 Å². The highest BCUT2D eigenvalue weighted by Crippen LogP contribution is 2.21. The lowest BCUT2D eigenvalue weighted by Gasteiger charge is -2.37. The Hall–Kier alpha value is -4.68. The molecular formula is C31H32F2N6O4. The van der Waals surface area contributed by atoms with Crippen LogP contribution in [0.1, 0.15) is 28.4 Å². The molecule has 0 amide bonds. The molecule has 1 saturated heterocycles. The van der Waals surface area contributed by atoms with Gasteiger partial charge in [0.15, 0.2) is 0 Å². The number of anilines is 1. The molecule has 0 bridgehead atoms. The lowest BCUT2D eigenvalue weighted by atomic mass is 10.1. The molecule has 4 aromatic rings. The highest BCUT2D eigenvalue weighted by molar-refractivity contribution is 5.50. The summed E-state index contributed by atoms with van der Waals surface area (Å²) < 4.78 is 31.6. The number of non-ortho nitro benzene ring substituents is 1. The molecule has 1 aliphatic rings. The summed E-state index contributed by atoms with van der Waals surface area (Å²) in [6, 6.07) is 18.3. The second kappa shape index (κ2) is 12.7. The van der Waals surface area contributed by atoms with Crippen molar-refractivity contribution in [3.8, 4) is 0 Å². The first-order chi connectivity index (χ1) is 20.6. The minimum absolute atomic E-state index is 0.0256. The molecule has 2 heterocycles. The fourth-order valence-electron chi connectivity index (χ4n) is 5.45. The van der Waals surface area contributed by atoms with Gasteiger partial charge >= 0.3 is 5.69 Å². The molecule has 1 unspecified atom stereocenters. The van der Waals surface area contributed by atoms with Crippen LogP contribution in [-0.2, 0) is 19.6 Å². The zero-order valence-corrected chi connectivity index (χ0v) is 23.7. The number of aromatic nitrogens is 2. The van der Waals surface area contributed by atoms with Crippen LogP contribution >= 0.6 is 0 Å². The number of halogens is 2. The normalized spacial score (nSPS) is 14.6. The second-order valence-electron chi connectivity index (χ2n) is 10.6. The maximum absolute atomic E-state index is 14.7. The molecule has 10 nitrogen and oxygen atoms in total. The predicted octanol–water partition coefficient (Wildman–Crippen LogP) is 3.58. The standard InChI is InChI=1S/C31H32F2N6O4/c1-21-29(36-16-14-35(15-17-36)18-22-10-12-24(13-11-22)39(42)43)30(40)38(20-28(34)23-6-3-2-4-7-23)31(41)37(21)19-25-26(32)8-5-9-27(25)33/h2-13,28H,14-20,34H2,1H3. The van der Waals surface area contributed by atoms with Crippen LogP contribution in [0, 0.1) is 28.7 Å². The Kier molecular flexibility index (Phi) is 8.78. The van der Waals surface area contributed by atoms with Gasteiger partial charge in [0.1, 0.15) is 17.3 Å². The van der Waals surface area contributed by atoms with Gasteiger partial charge in [0.05, 0.1) is 18.0 Å². The van der Waals surface area contributed by atoms with Crippen LogP contribution in [0.4, 0.5) is 20.2 Å². The third-order valence-electron chi connectivity index (χ3n) is 7.88. The van der Waals surface area contributed by atoms with Gasteiger partial charge in [-0.3, -0.25) is 28.9 Å². The van der Waals surface area contributed by atoms with Crippen LogP contribution < -0.4 is 21.9 Å². The van der Waals surface area contributed by atoms with Gasteiger partial charge in [0, 0.05) is 62.2 Å². The Morgan fingerprint density at radius 2 is 1.49 bits per heavy atom. The van der Waals surface area contributed by atoms with Crippen molar-refractivity contribution in [1.82, 2.24) is 14.0 Å². The van der Waals surface area contributed by atoms with Crippen molar-refractivity contribution in [3.63, 3.8) is 0 Å². The minimum atomic E-state index is -0.786. The zero-order valence-electron chi connectivity index (χ0n) is 23.7. The molecule has 224 valence electrons. The fourth-order valence-corrected chi connectivity index (χ4v) is 5.45. The van der Waals surface area contributed by atoms with E-state index in [1.807, 2.05) is 35.2 Å². The lowest BCUT2D eigenvalue weighted by molar-refractivity contribution is -0.384. The molecule has 0 spiro atoms. The summed E-state index contributed by atoms with van der Waals surface area (Å²) in [7, 11) is 0. The third-order valence-corrected chi connectivity index (χ3v) is 7.88. The largest absolute Gasteiger partial charge is 0.363 e. The van der Waals surface area contributed by atoms with Crippen LogP contribution in [0.3, 0.4) is 0 Å². The topological polar surface area (TPSA) is 120 Å². The second-order valence-corrected chi connectivity index (χ2v) is 10.6. The van der Waals surface area contributed by atoms with E-state index in [4.69, 9.17) is 5.73 Å². The number of nitro benzene ring substituents is 1. The van der Waals surface area contributed by atoms with Crippen LogP contribution in [0.15, 0.2) is 82.4 Å². The zero-order chi connectivity index (χ0) is 30.7. The Morgan fingerprint density at radius 3 is 2.09 bits per heavy atom. The molecular weight excluding hydrogens is 558 g/mol. The average Bonchev–Trinajstić information content (AvgIpc) is 3.00. The Bertz CT molecular complexity index is 1710. The molecule has 1 atom stereocenters. The number of piperazine rings is 1. The molecule has 0 aliphatic carbocycles. The van der Waals surface area contributed by atoms with Crippen LogP contribution in [0.25, 0.3) is 0 Å². The molecule has 1 fully saturated rings. The average molecular weight is 591 g/mol. The first-order valence-corrected chi connectivity index (χ1v) is 13.9. The Balaban J connectivity index is 1.46. The highest BCUT2D eigenvalue weighted by atomic mass is 19.1. The van der Waals surface area contributed by atoms with E-state index in [1.54, 1.807) is 19.1 Å². The van der Waals surface area contributed by atoms with E-state index >= 15 is 0 Å². The first-order valence-electron chi connectivity index (χ1n) is 13.9. The van der Waals surface area contributed by atoms with E-state index in [0.717, 1.165) is 27.8 Å². The summed E-state index contributed by atoms with van der Waals surface area (Å²) in [5.74, 6) is -1.57. The molecule has 3 aromatic carbocycles. The van der Waals surface area contributed by atoms with Crippen LogP contribution in [0.2, 0.25) is 0 Å². The van der Waals surface area contributed by atoms with E-state index in [0.29, 0.717) is 38.4 Å². The maximum atomic E-state index is 14.7. The summed E-state index contributed by atoms with van der Waals surface area (Å²) in [5, 5.41) is 11.0. The maximum Gasteiger partial charge on any atom is 0.331 e. The third kappa shape index (κ3) is 6.40. The van der Waals surface area contributed by atoms with Crippen molar-refractivity contribution in [3.05, 3.63) is 138 Å². The molecule has 1 aromatic heterocycles. The van der Waals surface area contributed by atoms with Crippen molar-refractivity contribution < 1.29 is 13.7 Å². The van der Waals surface area contributed by atoms with E-state index in [-0.39, 0.29) is 23.5 Å².